The summed E-state index contributed by atoms with van der Waals surface area (Å²) in [6, 6.07) is 13.4. The SMILES string of the molecule is Cc1ccc(C)c([C@@H](C)NC(=O)c2ccc(-n3cnnn3)cc2)c1. The van der Waals surface area contributed by atoms with Crippen molar-refractivity contribution >= 4 is 5.91 Å². The van der Waals surface area contributed by atoms with E-state index in [9.17, 15) is 4.79 Å². The van der Waals surface area contributed by atoms with Gasteiger partial charge in [0, 0.05) is 5.56 Å². The van der Waals surface area contributed by atoms with E-state index in [0.717, 1.165) is 11.3 Å². The van der Waals surface area contributed by atoms with Crippen molar-refractivity contribution in [2.45, 2.75) is 26.8 Å². The largest absolute Gasteiger partial charge is 0.346 e. The Bertz CT molecular complexity index is 840. The molecule has 0 aliphatic rings. The van der Waals surface area contributed by atoms with E-state index < -0.39 is 0 Å². The number of tetrazole rings is 1. The lowest BCUT2D eigenvalue weighted by Crippen LogP contribution is -2.27. The van der Waals surface area contributed by atoms with Gasteiger partial charge in [-0.15, -0.1) is 5.10 Å². The van der Waals surface area contributed by atoms with E-state index >= 15 is 0 Å². The maximum absolute atomic E-state index is 12.5. The van der Waals surface area contributed by atoms with Crippen LogP contribution in [0.1, 0.15) is 40.0 Å². The van der Waals surface area contributed by atoms with E-state index in [1.54, 1.807) is 16.8 Å². The molecule has 6 nitrogen and oxygen atoms in total. The smallest absolute Gasteiger partial charge is 0.251 e. The molecule has 0 aliphatic heterocycles. The van der Waals surface area contributed by atoms with Crippen LogP contribution in [0.25, 0.3) is 5.69 Å². The maximum atomic E-state index is 12.5. The number of nitrogens with zero attached hydrogens (tertiary/aromatic N) is 4. The van der Waals surface area contributed by atoms with Gasteiger partial charge < -0.3 is 5.32 Å². The summed E-state index contributed by atoms with van der Waals surface area (Å²) in [4.78, 5) is 12.5. The Kier molecular flexibility index (Phi) is 4.37. The van der Waals surface area contributed by atoms with Crippen molar-refractivity contribution in [3.8, 4) is 5.69 Å². The number of hydrogen-bond donors (Lipinski definition) is 1. The first-order chi connectivity index (χ1) is 11.5. The summed E-state index contributed by atoms with van der Waals surface area (Å²) in [6.07, 6.45) is 1.51. The fourth-order valence-corrected chi connectivity index (χ4v) is 2.63. The van der Waals surface area contributed by atoms with Crippen LogP contribution in [-0.4, -0.2) is 26.1 Å². The molecule has 3 aromatic rings. The summed E-state index contributed by atoms with van der Waals surface area (Å²) in [6.45, 7) is 6.10. The summed E-state index contributed by atoms with van der Waals surface area (Å²) < 4.78 is 1.54. The van der Waals surface area contributed by atoms with Crippen molar-refractivity contribution in [3.63, 3.8) is 0 Å². The highest BCUT2D eigenvalue weighted by Gasteiger charge is 2.13. The Morgan fingerprint density at radius 1 is 1.12 bits per heavy atom. The maximum Gasteiger partial charge on any atom is 0.251 e. The molecule has 3 rings (SSSR count). The lowest BCUT2D eigenvalue weighted by atomic mass is 9.99. The molecule has 1 N–H and O–H groups in total. The minimum absolute atomic E-state index is 0.0587. The molecule has 0 aliphatic carbocycles. The summed E-state index contributed by atoms with van der Waals surface area (Å²) >= 11 is 0. The minimum Gasteiger partial charge on any atom is -0.346 e. The molecule has 0 bridgehead atoms. The lowest BCUT2D eigenvalue weighted by molar-refractivity contribution is 0.0940. The zero-order chi connectivity index (χ0) is 17.1. The molecule has 0 saturated heterocycles. The van der Waals surface area contributed by atoms with Gasteiger partial charge in [-0.1, -0.05) is 23.8 Å². The Balaban J connectivity index is 1.73. The van der Waals surface area contributed by atoms with Crippen LogP contribution in [0.4, 0.5) is 0 Å². The molecule has 1 amide bonds. The van der Waals surface area contributed by atoms with Crippen molar-refractivity contribution in [1.29, 1.82) is 0 Å². The number of aryl methyl sites for hydroxylation is 2. The fraction of sp³-hybridized carbons (Fsp3) is 0.222. The number of aromatic nitrogens is 4. The van der Waals surface area contributed by atoms with Crippen molar-refractivity contribution in [1.82, 2.24) is 25.5 Å². The van der Waals surface area contributed by atoms with E-state index in [-0.39, 0.29) is 11.9 Å². The number of nitrogens with one attached hydrogen (secondary N) is 1. The van der Waals surface area contributed by atoms with Gasteiger partial charge in [-0.25, -0.2) is 4.68 Å². The monoisotopic (exact) mass is 321 g/mol. The Labute approximate surface area is 140 Å². The fourth-order valence-electron chi connectivity index (χ4n) is 2.63. The number of hydrogen-bond acceptors (Lipinski definition) is 4. The van der Waals surface area contributed by atoms with Crippen molar-refractivity contribution in [3.05, 3.63) is 71.0 Å². The standard InChI is InChI=1S/C18H19N5O/c1-12-4-5-13(2)17(10-12)14(3)20-18(24)15-6-8-16(9-7-15)23-11-19-21-22-23/h4-11,14H,1-3H3,(H,20,24)/t14-/m1/s1. The molecule has 1 aromatic heterocycles. The molecule has 1 heterocycles. The van der Waals surface area contributed by atoms with Crippen LogP contribution in [0.2, 0.25) is 0 Å². The van der Waals surface area contributed by atoms with Gasteiger partial charge in [0.1, 0.15) is 6.33 Å². The summed E-state index contributed by atoms with van der Waals surface area (Å²) in [5, 5.41) is 14.1. The number of amides is 1. The topological polar surface area (TPSA) is 72.7 Å². The highest BCUT2D eigenvalue weighted by Crippen LogP contribution is 2.19. The molecule has 0 unspecified atom stereocenters. The van der Waals surface area contributed by atoms with Crippen LogP contribution in [0, 0.1) is 13.8 Å². The first kappa shape index (κ1) is 15.9. The van der Waals surface area contributed by atoms with Crippen LogP contribution in [0.3, 0.4) is 0 Å². The normalized spacial score (nSPS) is 12.0. The van der Waals surface area contributed by atoms with E-state index in [0.29, 0.717) is 5.56 Å². The Hall–Kier alpha value is -3.02. The minimum atomic E-state index is -0.105. The van der Waals surface area contributed by atoms with Gasteiger partial charge >= 0.3 is 0 Å². The molecule has 0 saturated carbocycles. The molecular formula is C18H19N5O. The highest BCUT2D eigenvalue weighted by atomic mass is 16.1. The average Bonchev–Trinajstić information content (AvgIpc) is 3.11. The Morgan fingerprint density at radius 3 is 2.54 bits per heavy atom. The van der Waals surface area contributed by atoms with Crippen LogP contribution < -0.4 is 5.32 Å². The number of carbonyl (C=O) groups is 1. The van der Waals surface area contributed by atoms with Crippen LogP contribution >= 0.6 is 0 Å². The highest BCUT2D eigenvalue weighted by molar-refractivity contribution is 5.94. The van der Waals surface area contributed by atoms with Crippen LogP contribution in [-0.2, 0) is 0 Å². The zero-order valence-corrected chi connectivity index (χ0v) is 13.9. The third-order valence-corrected chi connectivity index (χ3v) is 3.99. The molecule has 0 fully saturated rings. The zero-order valence-electron chi connectivity index (χ0n) is 13.9. The van der Waals surface area contributed by atoms with E-state index in [2.05, 4.69) is 52.9 Å². The summed E-state index contributed by atoms with van der Waals surface area (Å²) in [5.41, 5.74) is 4.89. The molecule has 0 spiro atoms. The van der Waals surface area contributed by atoms with Gasteiger partial charge in [-0.05, 0) is 66.6 Å². The van der Waals surface area contributed by atoms with Gasteiger partial charge in [0.2, 0.25) is 0 Å². The Morgan fingerprint density at radius 2 is 1.88 bits per heavy atom. The number of rotatable bonds is 4. The van der Waals surface area contributed by atoms with Crippen molar-refractivity contribution in [2.75, 3.05) is 0 Å². The number of carbonyl (C=O) groups excluding carboxylic acids is 1. The predicted octanol–water partition coefficient (Wildman–Crippen LogP) is 2.77. The number of benzene rings is 2. The third kappa shape index (κ3) is 3.32. The predicted molar refractivity (Wildman–Crippen MR) is 91.0 cm³/mol. The van der Waals surface area contributed by atoms with Crippen LogP contribution in [0.15, 0.2) is 48.8 Å². The molecule has 2 aromatic carbocycles. The van der Waals surface area contributed by atoms with Crippen molar-refractivity contribution in [2.24, 2.45) is 0 Å². The summed E-state index contributed by atoms with van der Waals surface area (Å²) in [5.74, 6) is -0.105. The van der Waals surface area contributed by atoms with Gasteiger partial charge in [0.25, 0.3) is 5.91 Å². The van der Waals surface area contributed by atoms with Crippen LogP contribution in [0.5, 0.6) is 0 Å². The van der Waals surface area contributed by atoms with Gasteiger partial charge in [-0.2, -0.15) is 0 Å². The first-order valence-corrected chi connectivity index (χ1v) is 7.76. The van der Waals surface area contributed by atoms with E-state index in [4.69, 9.17) is 0 Å². The molecule has 1 atom stereocenters. The lowest BCUT2D eigenvalue weighted by Gasteiger charge is -2.17. The van der Waals surface area contributed by atoms with Gasteiger partial charge in [0.15, 0.2) is 0 Å². The summed E-state index contributed by atoms with van der Waals surface area (Å²) in [7, 11) is 0. The van der Waals surface area contributed by atoms with Gasteiger partial charge in [-0.3, -0.25) is 4.79 Å². The molecule has 122 valence electrons. The third-order valence-electron chi connectivity index (χ3n) is 3.99. The quantitative estimate of drug-likeness (QED) is 0.802. The van der Waals surface area contributed by atoms with E-state index in [1.807, 2.05) is 19.1 Å². The van der Waals surface area contributed by atoms with Gasteiger partial charge in [0.05, 0.1) is 11.7 Å². The first-order valence-electron chi connectivity index (χ1n) is 7.76. The second-order valence-corrected chi connectivity index (χ2v) is 5.86. The molecule has 24 heavy (non-hydrogen) atoms. The second kappa shape index (κ2) is 6.62. The molecular weight excluding hydrogens is 302 g/mol. The second-order valence-electron chi connectivity index (χ2n) is 5.86. The van der Waals surface area contributed by atoms with E-state index in [1.165, 1.54) is 17.5 Å². The average molecular weight is 321 g/mol. The van der Waals surface area contributed by atoms with Crippen molar-refractivity contribution < 1.29 is 4.79 Å². The molecule has 6 heteroatoms. The molecule has 0 radical (unpaired) electrons.